The predicted octanol–water partition coefficient (Wildman–Crippen LogP) is 3.87. The van der Waals surface area contributed by atoms with Crippen LogP contribution in [-0.2, 0) is 6.42 Å². The summed E-state index contributed by atoms with van der Waals surface area (Å²) in [4.78, 5) is 8.76. The average Bonchev–Trinajstić information content (AvgIpc) is 2.70. The summed E-state index contributed by atoms with van der Waals surface area (Å²) in [5.74, 6) is 1.92. The smallest absolute Gasteiger partial charge is 0.224 e. The Kier molecular flexibility index (Phi) is 6.22. The maximum Gasteiger partial charge on any atom is 0.224 e. The number of rotatable bonds is 6. The number of aromatic nitrogens is 2. The number of nitrogens with zero attached hydrogens (tertiary/aromatic N) is 4. The number of hydrogen-bond donors (Lipinski definition) is 2. The van der Waals surface area contributed by atoms with E-state index in [0.717, 1.165) is 30.7 Å². The van der Waals surface area contributed by atoms with E-state index in [4.69, 9.17) is 5.26 Å². The first-order valence-electron chi connectivity index (χ1n) is 9.44. The molecule has 138 valence electrons. The Balaban J connectivity index is 1.59. The standard InChI is InChI=1S/C21H24N6/c1-15-2-8-19(9-3-15)26-20-18(13-23)14-25-21(27-20)24-11-10-16-4-6-17(12-22)7-5-16/h4-7,14-15,19H,2-3,8-11H2,1H3,(H2,24,25,26,27)/t15-,19+. The van der Waals surface area contributed by atoms with Gasteiger partial charge in [0.15, 0.2) is 0 Å². The van der Waals surface area contributed by atoms with Crippen LogP contribution in [0.1, 0.15) is 49.3 Å². The molecule has 6 heteroatoms. The fourth-order valence-electron chi connectivity index (χ4n) is 3.32. The van der Waals surface area contributed by atoms with Crippen LogP contribution in [0.2, 0.25) is 0 Å². The van der Waals surface area contributed by atoms with Gasteiger partial charge in [0.2, 0.25) is 5.95 Å². The van der Waals surface area contributed by atoms with E-state index in [1.165, 1.54) is 12.8 Å². The van der Waals surface area contributed by atoms with Crippen LogP contribution >= 0.6 is 0 Å². The van der Waals surface area contributed by atoms with Gasteiger partial charge in [-0.25, -0.2) is 4.98 Å². The van der Waals surface area contributed by atoms with Crippen molar-refractivity contribution in [2.24, 2.45) is 5.92 Å². The zero-order valence-corrected chi connectivity index (χ0v) is 15.6. The zero-order chi connectivity index (χ0) is 19.1. The van der Waals surface area contributed by atoms with Crippen molar-refractivity contribution in [3.8, 4) is 12.1 Å². The van der Waals surface area contributed by atoms with Crippen LogP contribution in [0.25, 0.3) is 0 Å². The molecular formula is C21H24N6. The molecule has 0 aliphatic heterocycles. The highest BCUT2D eigenvalue weighted by atomic mass is 15.1. The molecule has 1 aromatic carbocycles. The predicted molar refractivity (Wildman–Crippen MR) is 105 cm³/mol. The van der Waals surface area contributed by atoms with Crippen molar-refractivity contribution in [1.29, 1.82) is 10.5 Å². The van der Waals surface area contributed by atoms with E-state index in [-0.39, 0.29) is 0 Å². The second-order valence-electron chi connectivity index (χ2n) is 7.15. The van der Waals surface area contributed by atoms with Crippen LogP contribution in [0.4, 0.5) is 11.8 Å². The summed E-state index contributed by atoms with van der Waals surface area (Å²) in [5.41, 5.74) is 2.28. The summed E-state index contributed by atoms with van der Waals surface area (Å²) in [5, 5.41) is 24.8. The minimum atomic E-state index is 0.370. The molecule has 0 unspecified atom stereocenters. The fourth-order valence-corrected chi connectivity index (χ4v) is 3.32. The Hall–Kier alpha value is -3.12. The molecule has 0 bridgehead atoms. The lowest BCUT2D eigenvalue weighted by Crippen LogP contribution is -2.26. The molecule has 0 saturated heterocycles. The summed E-state index contributed by atoms with van der Waals surface area (Å²) < 4.78 is 0. The van der Waals surface area contributed by atoms with E-state index in [1.807, 2.05) is 24.3 Å². The topological polar surface area (TPSA) is 97.4 Å². The van der Waals surface area contributed by atoms with Gasteiger partial charge in [-0.2, -0.15) is 15.5 Å². The third-order valence-electron chi connectivity index (χ3n) is 5.05. The highest BCUT2D eigenvalue weighted by Crippen LogP contribution is 2.26. The SMILES string of the molecule is C[C@H]1CC[C@@H](Nc2nc(NCCc3ccc(C#N)cc3)ncc2C#N)CC1. The highest BCUT2D eigenvalue weighted by Gasteiger charge is 2.19. The van der Waals surface area contributed by atoms with Gasteiger partial charge < -0.3 is 10.6 Å². The Morgan fingerprint density at radius 1 is 1.07 bits per heavy atom. The first-order valence-corrected chi connectivity index (χ1v) is 9.44. The zero-order valence-electron chi connectivity index (χ0n) is 15.6. The number of anilines is 2. The molecule has 1 fully saturated rings. The molecule has 1 aliphatic carbocycles. The van der Waals surface area contributed by atoms with E-state index in [0.29, 0.717) is 35.5 Å². The van der Waals surface area contributed by atoms with E-state index in [9.17, 15) is 5.26 Å². The minimum absolute atomic E-state index is 0.370. The normalized spacial score (nSPS) is 18.9. The van der Waals surface area contributed by atoms with Gasteiger partial charge in [-0.15, -0.1) is 0 Å². The summed E-state index contributed by atoms with van der Waals surface area (Å²) in [6.45, 7) is 2.97. The Morgan fingerprint density at radius 2 is 1.81 bits per heavy atom. The van der Waals surface area contributed by atoms with Crippen molar-refractivity contribution in [2.45, 2.75) is 45.1 Å². The van der Waals surface area contributed by atoms with Gasteiger partial charge in [-0.05, 0) is 55.7 Å². The molecule has 2 aromatic rings. The molecule has 0 radical (unpaired) electrons. The van der Waals surface area contributed by atoms with Crippen molar-refractivity contribution in [3.05, 3.63) is 47.2 Å². The third kappa shape index (κ3) is 5.18. The summed E-state index contributed by atoms with van der Waals surface area (Å²) in [6, 6.07) is 12.2. The van der Waals surface area contributed by atoms with Gasteiger partial charge in [-0.3, -0.25) is 0 Å². The molecule has 0 amide bonds. The lowest BCUT2D eigenvalue weighted by molar-refractivity contribution is 0.361. The Bertz CT molecular complexity index is 838. The minimum Gasteiger partial charge on any atom is -0.366 e. The van der Waals surface area contributed by atoms with E-state index in [1.54, 1.807) is 6.20 Å². The van der Waals surface area contributed by atoms with Crippen molar-refractivity contribution < 1.29 is 0 Å². The Morgan fingerprint density at radius 3 is 2.48 bits per heavy atom. The number of hydrogen-bond acceptors (Lipinski definition) is 6. The van der Waals surface area contributed by atoms with Crippen LogP contribution in [0.5, 0.6) is 0 Å². The maximum absolute atomic E-state index is 9.34. The lowest BCUT2D eigenvalue weighted by atomic mass is 9.87. The molecule has 3 rings (SSSR count). The van der Waals surface area contributed by atoms with E-state index in [2.05, 4.69) is 39.7 Å². The van der Waals surface area contributed by atoms with Crippen molar-refractivity contribution in [2.75, 3.05) is 17.2 Å². The van der Waals surface area contributed by atoms with Gasteiger partial charge in [0.1, 0.15) is 17.5 Å². The van der Waals surface area contributed by atoms with E-state index >= 15 is 0 Å². The molecule has 0 atom stereocenters. The van der Waals surface area contributed by atoms with Crippen LogP contribution in [-0.4, -0.2) is 22.6 Å². The average molecular weight is 360 g/mol. The number of benzene rings is 1. The molecule has 2 N–H and O–H groups in total. The van der Waals surface area contributed by atoms with Gasteiger partial charge >= 0.3 is 0 Å². The van der Waals surface area contributed by atoms with E-state index < -0.39 is 0 Å². The van der Waals surface area contributed by atoms with Crippen molar-refractivity contribution in [3.63, 3.8) is 0 Å². The summed E-state index contributed by atoms with van der Waals surface area (Å²) in [6.07, 6.45) is 7.01. The molecule has 27 heavy (non-hydrogen) atoms. The van der Waals surface area contributed by atoms with Gasteiger partial charge in [0, 0.05) is 12.6 Å². The lowest BCUT2D eigenvalue weighted by Gasteiger charge is -2.27. The molecule has 1 heterocycles. The summed E-state index contributed by atoms with van der Waals surface area (Å²) >= 11 is 0. The first-order chi connectivity index (χ1) is 13.2. The highest BCUT2D eigenvalue weighted by molar-refractivity contribution is 5.54. The monoisotopic (exact) mass is 360 g/mol. The van der Waals surface area contributed by atoms with Crippen LogP contribution in [0.3, 0.4) is 0 Å². The molecule has 1 aliphatic rings. The van der Waals surface area contributed by atoms with Gasteiger partial charge in [-0.1, -0.05) is 19.1 Å². The van der Waals surface area contributed by atoms with Crippen LogP contribution in [0, 0.1) is 28.6 Å². The maximum atomic E-state index is 9.34. The molecule has 1 saturated carbocycles. The largest absolute Gasteiger partial charge is 0.366 e. The van der Waals surface area contributed by atoms with Crippen LogP contribution < -0.4 is 10.6 Å². The second kappa shape index (κ2) is 9.00. The fraction of sp³-hybridized carbons (Fsp3) is 0.429. The van der Waals surface area contributed by atoms with Crippen molar-refractivity contribution in [1.82, 2.24) is 9.97 Å². The quantitative estimate of drug-likeness (QED) is 0.812. The molecule has 0 spiro atoms. The van der Waals surface area contributed by atoms with Crippen molar-refractivity contribution >= 4 is 11.8 Å². The number of nitriles is 2. The van der Waals surface area contributed by atoms with Crippen LogP contribution in [0.15, 0.2) is 30.5 Å². The number of nitrogens with one attached hydrogen (secondary N) is 2. The molecular weight excluding hydrogens is 336 g/mol. The summed E-state index contributed by atoms with van der Waals surface area (Å²) in [7, 11) is 0. The van der Waals surface area contributed by atoms with Gasteiger partial charge in [0.25, 0.3) is 0 Å². The van der Waals surface area contributed by atoms with Gasteiger partial charge in [0.05, 0.1) is 17.8 Å². The Labute approximate surface area is 160 Å². The molecule has 1 aromatic heterocycles. The third-order valence-corrected chi connectivity index (χ3v) is 5.05. The second-order valence-corrected chi connectivity index (χ2v) is 7.15. The first kappa shape index (κ1) is 18.7. The molecule has 6 nitrogen and oxygen atoms in total.